The smallest absolute Gasteiger partial charge is 0.125 e. The second-order valence-electron chi connectivity index (χ2n) is 4.09. The summed E-state index contributed by atoms with van der Waals surface area (Å²) in [5, 5.41) is 11.7. The van der Waals surface area contributed by atoms with E-state index in [0.717, 1.165) is 16.9 Å². The van der Waals surface area contributed by atoms with Crippen molar-refractivity contribution in [2.75, 3.05) is 0 Å². The lowest BCUT2D eigenvalue weighted by molar-refractivity contribution is 0.190. The standard InChI is InChI=1S/C14H16O2S/c1-10-5-6-14(13(8-10)11(2)15)16-9-12-4-3-7-17-12/h3-8,11,15H,9H2,1-2H3. The molecule has 0 spiro atoms. The van der Waals surface area contributed by atoms with Crippen LogP contribution in [0.4, 0.5) is 0 Å². The van der Waals surface area contributed by atoms with Crippen molar-refractivity contribution in [2.45, 2.75) is 26.6 Å². The minimum absolute atomic E-state index is 0.506. The predicted molar refractivity (Wildman–Crippen MR) is 70.5 cm³/mol. The minimum Gasteiger partial charge on any atom is -0.488 e. The Balaban J connectivity index is 2.14. The molecule has 0 radical (unpaired) electrons. The van der Waals surface area contributed by atoms with Gasteiger partial charge in [-0.2, -0.15) is 0 Å². The maximum absolute atomic E-state index is 9.71. The molecule has 1 aromatic heterocycles. The first-order valence-electron chi connectivity index (χ1n) is 5.60. The number of aliphatic hydroxyl groups is 1. The average molecular weight is 248 g/mol. The molecule has 1 aromatic carbocycles. The van der Waals surface area contributed by atoms with Crippen molar-refractivity contribution in [3.8, 4) is 5.75 Å². The average Bonchev–Trinajstić information content (AvgIpc) is 2.80. The molecule has 0 aliphatic rings. The monoisotopic (exact) mass is 248 g/mol. The fraction of sp³-hybridized carbons (Fsp3) is 0.286. The van der Waals surface area contributed by atoms with Crippen molar-refractivity contribution < 1.29 is 9.84 Å². The van der Waals surface area contributed by atoms with Gasteiger partial charge in [0, 0.05) is 10.4 Å². The van der Waals surface area contributed by atoms with Crippen LogP contribution < -0.4 is 4.74 Å². The molecule has 2 aromatic rings. The van der Waals surface area contributed by atoms with Crippen LogP contribution in [-0.2, 0) is 6.61 Å². The number of hydrogen-bond acceptors (Lipinski definition) is 3. The predicted octanol–water partition coefficient (Wildman–Crippen LogP) is 3.69. The maximum Gasteiger partial charge on any atom is 0.125 e. The Hall–Kier alpha value is -1.32. The number of rotatable bonds is 4. The molecule has 1 unspecified atom stereocenters. The van der Waals surface area contributed by atoms with Crippen LogP contribution in [0.2, 0.25) is 0 Å². The van der Waals surface area contributed by atoms with Gasteiger partial charge in [-0.05, 0) is 37.4 Å². The quantitative estimate of drug-likeness (QED) is 0.894. The van der Waals surface area contributed by atoms with Crippen molar-refractivity contribution in [3.63, 3.8) is 0 Å². The molecule has 0 fully saturated rings. The van der Waals surface area contributed by atoms with E-state index >= 15 is 0 Å². The van der Waals surface area contributed by atoms with Crippen LogP contribution in [0.5, 0.6) is 5.75 Å². The fourth-order valence-electron chi connectivity index (χ4n) is 1.67. The number of benzene rings is 1. The van der Waals surface area contributed by atoms with Gasteiger partial charge in [0.15, 0.2) is 0 Å². The van der Waals surface area contributed by atoms with E-state index in [0.29, 0.717) is 6.61 Å². The Labute approximate surface area is 105 Å². The van der Waals surface area contributed by atoms with Crippen LogP contribution in [0.15, 0.2) is 35.7 Å². The normalized spacial score (nSPS) is 12.4. The Bertz CT molecular complexity index is 475. The van der Waals surface area contributed by atoms with Crippen LogP contribution in [0, 0.1) is 6.92 Å². The van der Waals surface area contributed by atoms with E-state index in [-0.39, 0.29) is 0 Å². The van der Waals surface area contributed by atoms with Crippen molar-refractivity contribution in [2.24, 2.45) is 0 Å². The molecule has 1 atom stereocenters. The third kappa shape index (κ3) is 3.08. The zero-order valence-electron chi connectivity index (χ0n) is 10.0. The van der Waals surface area contributed by atoms with E-state index in [4.69, 9.17) is 4.74 Å². The van der Waals surface area contributed by atoms with Crippen LogP contribution in [0.25, 0.3) is 0 Å². The molecule has 0 bridgehead atoms. The summed E-state index contributed by atoms with van der Waals surface area (Å²) in [6.45, 7) is 4.32. The SMILES string of the molecule is Cc1ccc(OCc2cccs2)c(C(C)O)c1. The van der Waals surface area contributed by atoms with E-state index in [9.17, 15) is 5.11 Å². The Morgan fingerprint density at radius 3 is 2.82 bits per heavy atom. The molecule has 2 nitrogen and oxygen atoms in total. The zero-order valence-corrected chi connectivity index (χ0v) is 10.8. The topological polar surface area (TPSA) is 29.5 Å². The van der Waals surface area contributed by atoms with E-state index in [1.165, 1.54) is 4.88 Å². The van der Waals surface area contributed by atoms with Crippen molar-refractivity contribution in [1.82, 2.24) is 0 Å². The van der Waals surface area contributed by atoms with Gasteiger partial charge in [0.05, 0.1) is 6.10 Å². The maximum atomic E-state index is 9.71. The molecule has 3 heteroatoms. The molecule has 0 aliphatic heterocycles. The zero-order chi connectivity index (χ0) is 12.3. The van der Waals surface area contributed by atoms with E-state index in [2.05, 4.69) is 0 Å². The summed E-state index contributed by atoms with van der Waals surface area (Å²) in [5.74, 6) is 0.763. The van der Waals surface area contributed by atoms with Gasteiger partial charge in [-0.15, -0.1) is 11.3 Å². The van der Waals surface area contributed by atoms with Crippen LogP contribution in [0.3, 0.4) is 0 Å². The Morgan fingerprint density at radius 2 is 2.18 bits per heavy atom. The summed E-state index contributed by atoms with van der Waals surface area (Å²) in [4.78, 5) is 1.18. The molecule has 0 saturated heterocycles. The summed E-state index contributed by atoms with van der Waals surface area (Å²) in [7, 11) is 0. The molecule has 2 rings (SSSR count). The van der Waals surface area contributed by atoms with Crippen LogP contribution in [0.1, 0.15) is 29.0 Å². The van der Waals surface area contributed by atoms with Gasteiger partial charge in [0.1, 0.15) is 12.4 Å². The highest BCUT2D eigenvalue weighted by molar-refractivity contribution is 7.09. The summed E-state index contributed by atoms with van der Waals surface area (Å²) in [6, 6.07) is 9.93. The molecule has 1 N–H and O–H groups in total. The highest BCUT2D eigenvalue weighted by Gasteiger charge is 2.09. The van der Waals surface area contributed by atoms with Gasteiger partial charge in [-0.1, -0.05) is 17.7 Å². The number of ether oxygens (including phenoxy) is 1. The first-order valence-corrected chi connectivity index (χ1v) is 6.48. The minimum atomic E-state index is -0.506. The first kappa shape index (κ1) is 12.1. The largest absolute Gasteiger partial charge is 0.488 e. The molecular formula is C14H16O2S. The molecule has 0 aliphatic carbocycles. The van der Waals surface area contributed by atoms with Crippen molar-refractivity contribution in [3.05, 3.63) is 51.7 Å². The van der Waals surface area contributed by atoms with Gasteiger partial charge in [-0.3, -0.25) is 0 Å². The number of thiophene rings is 1. The molecule has 0 amide bonds. The Kier molecular flexibility index (Phi) is 3.82. The first-order chi connectivity index (χ1) is 8.16. The highest BCUT2D eigenvalue weighted by Crippen LogP contribution is 2.27. The molecular weight excluding hydrogens is 232 g/mol. The number of hydrogen-bond donors (Lipinski definition) is 1. The third-order valence-corrected chi connectivity index (χ3v) is 3.42. The summed E-state index contributed by atoms with van der Waals surface area (Å²) in [5.41, 5.74) is 1.98. The lowest BCUT2D eigenvalue weighted by Gasteiger charge is -2.13. The number of aliphatic hydroxyl groups excluding tert-OH is 1. The molecule has 90 valence electrons. The van der Waals surface area contributed by atoms with Crippen LogP contribution >= 0.6 is 11.3 Å². The molecule has 1 heterocycles. The fourth-order valence-corrected chi connectivity index (χ4v) is 2.29. The van der Waals surface area contributed by atoms with E-state index in [1.54, 1.807) is 18.3 Å². The van der Waals surface area contributed by atoms with Gasteiger partial charge >= 0.3 is 0 Å². The number of aryl methyl sites for hydroxylation is 1. The molecule has 0 saturated carbocycles. The third-order valence-electron chi connectivity index (χ3n) is 2.57. The van der Waals surface area contributed by atoms with Crippen LogP contribution in [-0.4, -0.2) is 5.11 Å². The van der Waals surface area contributed by atoms with Gasteiger partial charge in [0.25, 0.3) is 0 Å². The highest BCUT2D eigenvalue weighted by atomic mass is 32.1. The van der Waals surface area contributed by atoms with Crippen molar-refractivity contribution in [1.29, 1.82) is 0 Å². The van der Waals surface area contributed by atoms with Crippen molar-refractivity contribution >= 4 is 11.3 Å². The summed E-state index contributed by atoms with van der Waals surface area (Å²) >= 11 is 1.67. The lowest BCUT2D eigenvalue weighted by Crippen LogP contribution is -2.00. The Morgan fingerprint density at radius 1 is 1.35 bits per heavy atom. The van der Waals surface area contributed by atoms with Gasteiger partial charge < -0.3 is 9.84 Å². The van der Waals surface area contributed by atoms with Gasteiger partial charge in [-0.25, -0.2) is 0 Å². The van der Waals surface area contributed by atoms with Gasteiger partial charge in [0.2, 0.25) is 0 Å². The van der Waals surface area contributed by atoms with E-state index < -0.39 is 6.10 Å². The summed E-state index contributed by atoms with van der Waals surface area (Å²) in [6.07, 6.45) is -0.506. The lowest BCUT2D eigenvalue weighted by atomic mass is 10.1. The second kappa shape index (κ2) is 5.34. The second-order valence-corrected chi connectivity index (χ2v) is 5.12. The summed E-state index contributed by atoms with van der Waals surface area (Å²) < 4.78 is 5.75. The van der Waals surface area contributed by atoms with E-state index in [1.807, 2.05) is 42.6 Å². The molecule has 17 heavy (non-hydrogen) atoms.